The summed E-state index contributed by atoms with van der Waals surface area (Å²) in [5, 5.41) is 1.40. The van der Waals surface area contributed by atoms with Gasteiger partial charge in [-0.05, 0) is 50.3 Å². The molecule has 0 atom stereocenters. The van der Waals surface area contributed by atoms with E-state index in [1.54, 1.807) is 20.8 Å². The molecule has 170 valence electrons. The third-order valence-corrected chi connectivity index (χ3v) is 7.79. The summed E-state index contributed by atoms with van der Waals surface area (Å²) in [6, 6.07) is 7.97. The van der Waals surface area contributed by atoms with Crippen molar-refractivity contribution >= 4 is 45.2 Å². The molecular formula is C23H25N7OS2. The molecule has 0 fully saturated rings. The molecule has 0 amide bonds. The highest BCUT2D eigenvalue weighted by atomic mass is 32.2. The molecule has 4 aromatic rings. The van der Waals surface area contributed by atoms with E-state index in [1.165, 1.54) is 28.6 Å². The highest BCUT2D eigenvalue weighted by Gasteiger charge is 2.23. The van der Waals surface area contributed by atoms with Gasteiger partial charge in [-0.2, -0.15) is 15.0 Å². The van der Waals surface area contributed by atoms with Gasteiger partial charge in [-0.25, -0.2) is 4.98 Å². The molecule has 0 bridgehead atoms. The Morgan fingerprint density at radius 3 is 2.61 bits per heavy atom. The van der Waals surface area contributed by atoms with Crippen LogP contribution in [0, 0.1) is 6.92 Å². The van der Waals surface area contributed by atoms with Crippen LogP contribution in [0.2, 0.25) is 0 Å². The summed E-state index contributed by atoms with van der Waals surface area (Å²) < 4.78 is 1.73. The summed E-state index contributed by atoms with van der Waals surface area (Å²) in [6.45, 7) is 2.03. The average molecular weight is 480 g/mol. The highest BCUT2D eigenvalue weighted by Crippen LogP contribution is 2.35. The molecule has 3 aromatic heterocycles. The van der Waals surface area contributed by atoms with Gasteiger partial charge in [0.2, 0.25) is 11.9 Å². The molecule has 1 aromatic carbocycles. The number of aromatic nitrogens is 5. The Kier molecular flexibility index (Phi) is 5.79. The molecule has 1 aliphatic carbocycles. The fraction of sp³-hybridized carbons (Fsp3) is 0.348. The van der Waals surface area contributed by atoms with Gasteiger partial charge in [-0.1, -0.05) is 29.5 Å². The number of hydrogen-bond acceptors (Lipinski definition) is 9. The molecule has 0 spiro atoms. The van der Waals surface area contributed by atoms with Crippen molar-refractivity contribution in [2.75, 3.05) is 24.7 Å². The van der Waals surface area contributed by atoms with Crippen molar-refractivity contribution in [3.63, 3.8) is 0 Å². The zero-order chi connectivity index (χ0) is 23.1. The number of nitrogens with zero attached hydrogens (tertiary/aromatic N) is 6. The smallest absolute Gasteiger partial charge is 0.267 e. The minimum atomic E-state index is -0.00473. The Morgan fingerprint density at radius 1 is 1.09 bits per heavy atom. The largest absolute Gasteiger partial charge is 0.368 e. The maximum atomic E-state index is 13.8. The van der Waals surface area contributed by atoms with Crippen molar-refractivity contribution in [1.82, 2.24) is 24.5 Å². The molecule has 8 nitrogen and oxygen atoms in total. The average Bonchev–Trinajstić information content (AvgIpc) is 3.17. The molecular weight excluding hydrogens is 454 g/mol. The summed E-state index contributed by atoms with van der Waals surface area (Å²) in [5.74, 6) is 1.65. The monoisotopic (exact) mass is 479 g/mol. The van der Waals surface area contributed by atoms with Crippen molar-refractivity contribution in [3.05, 3.63) is 56.4 Å². The summed E-state index contributed by atoms with van der Waals surface area (Å²) in [6.07, 6.45) is 4.27. The van der Waals surface area contributed by atoms with Gasteiger partial charge in [0.15, 0.2) is 5.16 Å². The van der Waals surface area contributed by atoms with Crippen molar-refractivity contribution in [3.8, 4) is 5.69 Å². The van der Waals surface area contributed by atoms with Gasteiger partial charge in [-0.15, -0.1) is 11.3 Å². The lowest BCUT2D eigenvalue weighted by atomic mass is 9.97. The van der Waals surface area contributed by atoms with Crippen LogP contribution in [0.4, 0.5) is 11.9 Å². The summed E-state index contributed by atoms with van der Waals surface area (Å²) >= 11 is 3.09. The number of benzene rings is 1. The predicted octanol–water partition coefficient (Wildman–Crippen LogP) is 3.76. The molecule has 5 rings (SSSR count). The van der Waals surface area contributed by atoms with Crippen molar-refractivity contribution in [2.24, 2.45) is 0 Å². The van der Waals surface area contributed by atoms with Crippen LogP contribution < -0.4 is 16.2 Å². The number of fused-ring (bicyclic) bond motifs is 3. The lowest BCUT2D eigenvalue weighted by Crippen LogP contribution is -2.22. The lowest BCUT2D eigenvalue weighted by Gasteiger charge is -2.14. The summed E-state index contributed by atoms with van der Waals surface area (Å²) in [5.41, 5.74) is 9.02. The molecule has 0 saturated carbocycles. The van der Waals surface area contributed by atoms with Gasteiger partial charge in [0, 0.05) is 19.0 Å². The Morgan fingerprint density at radius 2 is 1.85 bits per heavy atom. The fourth-order valence-corrected chi connectivity index (χ4v) is 6.19. The van der Waals surface area contributed by atoms with Gasteiger partial charge < -0.3 is 10.6 Å². The molecule has 10 heteroatoms. The van der Waals surface area contributed by atoms with E-state index in [2.05, 4.69) is 15.0 Å². The lowest BCUT2D eigenvalue weighted by molar-refractivity contribution is 0.699. The molecule has 2 N–H and O–H groups in total. The number of anilines is 2. The van der Waals surface area contributed by atoms with Crippen LogP contribution in [-0.2, 0) is 18.6 Å². The van der Waals surface area contributed by atoms with Gasteiger partial charge >= 0.3 is 0 Å². The Labute approximate surface area is 199 Å². The number of aryl methyl sites for hydroxylation is 3. The van der Waals surface area contributed by atoms with Crippen LogP contribution in [-0.4, -0.2) is 38.6 Å². The van der Waals surface area contributed by atoms with E-state index in [0.29, 0.717) is 22.7 Å². The first-order valence-electron chi connectivity index (χ1n) is 10.9. The van der Waals surface area contributed by atoms with E-state index in [4.69, 9.17) is 10.7 Å². The van der Waals surface area contributed by atoms with Crippen LogP contribution in [0.5, 0.6) is 0 Å². The van der Waals surface area contributed by atoms with Crippen LogP contribution in [0.15, 0.2) is 34.2 Å². The molecule has 33 heavy (non-hydrogen) atoms. The zero-order valence-corrected chi connectivity index (χ0v) is 20.5. The number of hydrogen-bond donors (Lipinski definition) is 1. The number of thiophene rings is 1. The maximum absolute atomic E-state index is 13.8. The first kappa shape index (κ1) is 21.8. The fourth-order valence-electron chi connectivity index (χ4n) is 4.02. The van der Waals surface area contributed by atoms with Crippen molar-refractivity contribution in [2.45, 2.75) is 43.5 Å². The van der Waals surface area contributed by atoms with E-state index < -0.39 is 0 Å². The van der Waals surface area contributed by atoms with E-state index >= 15 is 0 Å². The highest BCUT2D eigenvalue weighted by molar-refractivity contribution is 7.98. The first-order chi connectivity index (χ1) is 15.9. The van der Waals surface area contributed by atoms with Crippen molar-refractivity contribution < 1.29 is 0 Å². The molecule has 0 aliphatic heterocycles. The van der Waals surface area contributed by atoms with Gasteiger partial charge in [0.25, 0.3) is 5.56 Å². The SMILES string of the molecule is Cc1ccc(-n2c(SCc3nc(N)nc(N(C)C)n3)nc3sc4c(c3c2=O)CCCC4)cc1. The maximum Gasteiger partial charge on any atom is 0.267 e. The third-order valence-electron chi connectivity index (χ3n) is 5.67. The standard InChI is InChI=1S/C23H25N7OS2/c1-13-8-10-14(11-9-13)30-20(31)18-15-6-4-5-7-16(15)33-19(18)27-23(30)32-12-17-25-21(24)28-22(26-17)29(2)3/h8-11H,4-7,12H2,1-3H3,(H2,24,25,26,28). The number of nitrogen functional groups attached to an aromatic ring is 1. The summed E-state index contributed by atoms with van der Waals surface area (Å²) in [7, 11) is 3.71. The van der Waals surface area contributed by atoms with E-state index in [1.807, 2.05) is 45.3 Å². The second-order valence-corrected chi connectivity index (χ2v) is 10.4. The zero-order valence-electron chi connectivity index (χ0n) is 18.8. The van der Waals surface area contributed by atoms with E-state index in [0.717, 1.165) is 40.7 Å². The second-order valence-electron chi connectivity index (χ2n) is 8.35. The molecule has 0 saturated heterocycles. The number of thioether (sulfide) groups is 1. The molecule has 3 heterocycles. The second kappa shape index (κ2) is 8.75. The molecule has 1 aliphatic rings. The van der Waals surface area contributed by atoms with Gasteiger partial charge in [-0.3, -0.25) is 9.36 Å². The Hall–Kier alpha value is -2.98. The minimum absolute atomic E-state index is 0.00473. The third kappa shape index (κ3) is 4.20. The van der Waals surface area contributed by atoms with E-state index in [9.17, 15) is 4.79 Å². The van der Waals surface area contributed by atoms with Crippen molar-refractivity contribution in [1.29, 1.82) is 0 Å². The Bertz CT molecular complexity index is 1390. The summed E-state index contributed by atoms with van der Waals surface area (Å²) in [4.78, 5) is 35.6. The van der Waals surface area contributed by atoms with Gasteiger partial charge in [0.05, 0.1) is 16.8 Å². The van der Waals surface area contributed by atoms with E-state index in [-0.39, 0.29) is 11.5 Å². The molecule has 0 unspecified atom stereocenters. The van der Waals surface area contributed by atoms with Crippen LogP contribution >= 0.6 is 23.1 Å². The van der Waals surface area contributed by atoms with Crippen LogP contribution in [0.3, 0.4) is 0 Å². The predicted molar refractivity (Wildman–Crippen MR) is 135 cm³/mol. The first-order valence-corrected chi connectivity index (χ1v) is 12.7. The normalized spacial score (nSPS) is 13.3. The van der Waals surface area contributed by atoms with Gasteiger partial charge in [0.1, 0.15) is 10.7 Å². The van der Waals surface area contributed by atoms with Crippen LogP contribution in [0.1, 0.15) is 34.7 Å². The number of rotatable bonds is 5. The molecule has 0 radical (unpaired) electrons. The topological polar surface area (TPSA) is 103 Å². The Balaban J connectivity index is 1.62. The number of nitrogens with two attached hydrogens (primary N) is 1. The van der Waals surface area contributed by atoms with Crippen LogP contribution in [0.25, 0.3) is 15.9 Å². The quantitative estimate of drug-likeness (QED) is 0.341. The minimum Gasteiger partial charge on any atom is -0.368 e.